The predicted octanol–water partition coefficient (Wildman–Crippen LogP) is 7.21. The van der Waals surface area contributed by atoms with Gasteiger partial charge in [-0.05, 0) is 53.9 Å². The molecule has 0 saturated heterocycles. The lowest BCUT2D eigenvalue weighted by Crippen LogP contribution is -2.14. The average Bonchev–Trinajstić information content (AvgIpc) is 2.96. The van der Waals surface area contributed by atoms with Gasteiger partial charge in [0.2, 0.25) is 5.88 Å². The summed E-state index contributed by atoms with van der Waals surface area (Å²) in [6.45, 7) is -0.435. The highest BCUT2D eigenvalue weighted by Gasteiger charge is 2.36. The zero-order valence-electron chi connectivity index (χ0n) is 21.9. The average molecular weight is 592 g/mol. The molecule has 0 aliphatic rings. The highest BCUT2D eigenvalue weighted by atomic mass is 19.4. The summed E-state index contributed by atoms with van der Waals surface area (Å²) in [7, 11) is 0. The molecule has 0 N–H and O–H groups in total. The van der Waals surface area contributed by atoms with Gasteiger partial charge in [-0.3, -0.25) is 9.78 Å². The van der Waals surface area contributed by atoms with Gasteiger partial charge in [0.15, 0.2) is 0 Å². The Morgan fingerprint density at radius 1 is 0.837 bits per heavy atom. The van der Waals surface area contributed by atoms with Gasteiger partial charge in [0, 0.05) is 35.5 Å². The van der Waals surface area contributed by atoms with Crippen molar-refractivity contribution in [3.05, 3.63) is 136 Å². The molecular weight excluding hydrogens is 574 g/mol. The van der Waals surface area contributed by atoms with E-state index in [9.17, 15) is 31.1 Å². The molecule has 6 rings (SSSR count). The van der Waals surface area contributed by atoms with Crippen LogP contribution in [0.15, 0.2) is 90.2 Å². The van der Waals surface area contributed by atoms with Gasteiger partial charge in [0.25, 0.3) is 5.56 Å². The topological polar surface area (TPSA) is 69.9 Å². The quantitative estimate of drug-likeness (QED) is 0.191. The number of benzene rings is 3. The normalized spacial score (nSPS) is 11.8. The van der Waals surface area contributed by atoms with Crippen LogP contribution in [0.1, 0.15) is 22.3 Å². The molecule has 6 aromatic rings. The molecule has 6 nitrogen and oxygen atoms in total. The Bertz CT molecular complexity index is 2050. The van der Waals surface area contributed by atoms with Crippen LogP contribution in [0.4, 0.5) is 26.3 Å². The second-order valence-corrected chi connectivity index (χ2v) is 9.66. The monoisotopic (exact) mass is 592 g/mol. The van der Waals surface area contributed by atoms with Gasteiger partial charge in [0.1, 0.15) is 28.8 Å². The molecule has 0 aliphatic carbocycles. The molecule has 43 heavy (non-hydrogen) atoms. The minimum Gasteiger partial charge on any atom is -0.438 e. The number of aromatic nitrogens is 4. The third-order valence-electron chi connectivity index (χ3n) is 6.81. The minimum atomic E-state index is -4.81. The summed E-state index contributed by atoms with van der Waals surface area (Å²) < 4.78 is 90.9. The van der Waals surface area contributed by atoms with Crippen molar-refractivity contribution < 1.29 is 31.1 Å². The van der Waals surface area contributed by atoms with E-state index < -0.39 is 52.7 Å². The molecule has 0 bridgehead atoms. The van der Waals surface area contributed by atoms with Crippen molar-refractivity contribution in [3.63, 3.8) is 0 Å². The molecule has 0 amide bonds. The van der Waals surface area contributed by atoms with Crippen LogP contribution in [-0.4, -0.2) is 19.5 Å². The fourth-order valence-electron chi connectivity index (χ4n) is 4.80. The van der Waals surface area contributed by atoms with E-state index in [1.807, 2.05) is 12.1 Å². The summed E-state index contributed by atoms with van der Waals surface area (Å²) >= 11 is 0. The Morgan fingerprint density at radius 3 is 2.40 bits per heavy atom. The molecule has 0 aliphatic heterocycles. The highest BCUT2D eigenvalue weighted by Crippen LogP contribution is 2.38. The van der Waals surface area contributed by atoms with Gasteiger partial charge in [-0.1, -0.05) is 18.2 Å². The molecule has 0 unspecified atom stereocenters. The lowest BCUT2D eigenvalue weighted by molar-refractivity contribution is -0.138. The lowest BCUT2D eigenvalue weighted by Gasteiger charge is -2.16. The number of hydrogen-bond acceptors (Lipinski definition) is 5. The number of nitrogens with zero attached hydrogens (tertiary/aromatic N) is 4. The summed E-state index contributed by atoms with van der Waals surface area (Å²) in [5, 5.41) is 0.719. The molecule has 12 heteroatoms. The number of rotatable bonds is 6. The zero-order chi connectivity index (χ0) is 30.3. The summed E-state index contributed by atoms with van der Waals surface area (Å²) in [5.41, 5.74) is -0.390. The first kappa shape index (κ1) is 27.9. The van der Waals surface area contributed by atoms with Crippen molar-refractivity contribution >= 4 is 21.8 Å². The number of pyridine rings is 2. The molecule has 3 heterocycles. The maximum Gasteiger partial charge on any atom is 0.421 e. The lowest BCUT2D eigenvalue weighted by atomic mass is 10.0. The number of alkyl halides is 3. The number of ether oxygens (including phenoxy) is 1. The molecule has 3 aromatic carbocycles. The van der Waals surface area contributed by atoms with Crippen molar-refractivity contribution in [2.24, 2.45) is 0 Å². The van der Waals surface area contributed by atoms with Gasteiger partial charge in [0.05, 0.1) is 29.3 Å². The van der Waals surface area contributed by atoms with Crippen LogP contribution >= 0.6 is 0 Å². The van der Waals surface area contributed by atoms with Crippen LogP contribution in [0.25, 0.3) is 21.8 Å². The number of fused-ring (bicyclic) bond motifs is 2. The van der Waals surface area contributed by atoms with Crippen molar-refractivity contribution in [2.45, 2.75) is 19.1 Å². The van der Waals surface area contributed by atoms with Gasteiger partial charge in [-0.2, -0.15) is 18.2 Å². The molecule has 0 fully saturated rings. The highest BCUT2D eigenvalue weighted by molar-refractivity contribution is 5.82. The SMILES string of the molecule is O=c1ncn(Cc2c(F)cc(F)cc2F)c2ccc(Oc3ncc(Cc4cccc5ncccc45)cc3C(F)(F)F)cc12. The van der Waals surface area contributed by atoms with E-state index in [0.717, 1.165) is 29.4 Å². The Labute approximate surface area is 238 Å². The standard InChI is InChI=1S/C31H18F6N4O2/c32-19-11-25(33)23(26(34)12-19)15-41-16-40-29(42)22-13-20(6-7-28(22)41)43-30-24(31(35,36)37)10-17(14-39-30)9-18-3-1-5-27-21(18)4-2-8-38-27/h1-8,10-14,16H,9,15H2. The summed E-state index contributed by atoms with van der Waals surface area (Å²) in [5.74, 6) is -4.22. The fourth-order valence-corrected chi connectivity index (χ4v) is 4.80. The van der Waals surface area contributed by atoms with Crippen LogP contribution in [0.2, 0.25) is 0 Å². The van der Waals surface area contributed by atoms with Gasteiger partial charge in [-0.25, -0.2) is 18.2 Å². The second kappa shape index (κ2) is 10.9. The maximum absolute atomic E-state index is 14.2. The largest absolute Gasteiger partial charge is 0.438 e. The third kappa shape index (κ3) is 5.63. The molecule has 216 valence electrons. The van der Waals surface area contributed by atoms with Crippen LogP contribution in [0.3, 0.4) is 0 Å². The molecule has 0 saturated carbocycles. The third-order valence-corrected chi connectivity index (χ3v) is 6.81. The van der Waals surface area contributed by atoms with Gasteiger partial charge in [-0.15, -0.1) is 0 Å². The van der Waals surface area contributed by atoms with Crippen molar-refractivity contribution in [1.29, 1.82) is 0 Å². The van der Waals surface area contributed by atoms with Crippen LogP contribution < -0.4 is 10.3 Å². The Hall–Kier alpha value is -5.26. The van der Waals surface area contributed by atoms with E-state index in [4.69, 9.17) is 4.74 Å². The predicted molar refractivity (Wildman–Crippen MR) is 145 cm³/mol. The van der Waals surface area contributed by atoms with Crippen molar-refractivity contribution in [2.75, 3.05) is 0 Å². The Kier molecular flexibility index (Phi) is 7.04. The summed E-state index contributed by atoms with van der Waals surface area (Å²) in [6.07, 6.45) is -0.684. The van der Waals surface area contributed by atoms with E-state index >= 15 is 0 Å². The van der Waals surface area contributed by atoms with E-state index in [1.165, 1.54) is 22.9 Å². The molecular formula is C31H18F6N4O2. The maximum atomic E-state index is 14.2. The Morgan fingerprint density at radius 2 is 1.63 bits per heavy atom. The van der Waals surface area contributed by atoms with Crippen LogP contribution in [-0.2, 0) is 19.1 Å². The molecule has 0 spiro atoms. The fraction of sp³-hybridized carbons (Fsp3) is 0.0968. The van der Waals surface area contributed by atoms with E-state index in [-0.39, 0.29) is 23.1 Å². The second-order valence-electron chi connectivity index (χ2n) is 9.66. The molecule has 0 radical (unpaired) electrons. The smallest absolute Gasteiger partial charge is 0.421 e. The van der Waals surface area contributed by atoms with E-state index in [1.54, 1.807) is 24.4 Å². The van der Waals surface area contributed by atoms with E-state index in [2.05, 4.69) is 15.0 Å². The summed E-state index contributed by atoms with van der Waals surface area (Å²) in [6, 6.07) is 14.8. The first-order valence-electron chi connectivity index (χ1n) is 12.8. The van der Waals surface area contributed by atoms with Crippen molar-refractivity contribution in [1.82, 2.24) is 19.5 Å². The minimum absolute atomic E-state index is 0.0855. The van der Waals surface area contributed by atoms with Gasteiger partial charge < -0.3 is 9.30 Å². The first-order valence-corrected chi connectivity index (χ1v) is 12.8. The zero-order valence-corrected chi connectivity index (χ0v) is 21.9. The molecule has 0 atom stereocenters. The first-order chi connectivity index (χ1) is 20.6. The van der Waals surface area contributed by atoms with E-state index in [0.29, 0.717) is 23.2 Å². The number of hydrogen-bond donors (Lipinski definition) is 0. The van der Waals surface area contributed by atoms with Gasteiger partial charge >= 0.3 is 6.18 Å². The van der Waals surface area contributed by atoms with Crippen molar-refractivity contribution in [3.8, 4) is 11.6 Å². The van der Waals surface area contributed by atoms with Crippen LogP contribution in [0, 0.1) is 17.5 Å². The molecule has 3 aromatic heterocycles. The summed E-state index contributed by atoms with van der Waals surface area (Å²) in [4.78, 5) is 24.4. The number of halogens is 6. The van der Waals surface area contributed by atoms with Crippen LogP contribution in [0.5, 0.6) is 11.6 Å². The Balaban J connectivity index is 1.33.